The molecule has 4 rings (SSSR count). The summed E-state index contributed by atoms with van der Waals surface area (Å²) in [7, 11) is 0. The number of benzene rings is 1. The van der Waals surface area contributed by atoms with Crippen LogP contribution in [0.15, 0.2) is 23.0 Å². The van der Waals surface area contributed by atoms with Gasteiger partial charge in [0.15, 0.2) is 5.43 Å². The molecule has 2 aliphatic carbocycles. The molecule has 1 saturated carbocycles. The van der Waals surface area contributed by atoms with Gasteiger partial charge in [0.2, 0.25) is 0 Å². The number of hydrogen-bond donors (Lipinski definition) is 0. The molecule has 0 bridgehead atoms. The van der Waals surface area contributed by atoms with Gasteiger partial charge in [-0.15, -0.1) is 11.3 Å². The van der Waals surface area contributed by atoms with E-state index in [4.69, 9.17) is 5.26 Å². The fourth-order valence-corrected chi connectivity index (χ4v) is 5.71. The lowest BCUT2D eigenvalue weighted by Gasteiger charge is -2.40. The number of hydrogen-bond acceptors (Lipinski definition) is 3. The molecule has 22 heavy (non-hydrogen) atoms. The zero-order chi connectivity index (χ0) is 15.2. The van der Waals surface area contributed by atoms with E-state index in [1.807, 2.05) is 12.1 Å². The van der Waals surface area contributed by atoms with Gasteiger partial charge < -0.3 is 0 Å². The van der Waals surface area contributed by atoms with Crippen LogP contribution in [0.3, 0.4) is 0 Å². The van der Waals surface area contributed by atoms with Crippen molar-refractivity contribution >= 4 is 21.4 Å². The highest BCUT2D eigenvalue weighted by atomic mass is 32.1. The van der Waals surface area contributed by atoms with Crippen LogP contribution in [0.25, 0.3) is 10.1 Å². The van der Waals surface area contributed by atoms with Crippen molar-refractivity contribution in [1.82, 2.24) is 0 Å². The Labute approximate surface area is 134 Å². The molecule has 1 aromatic heterocycles. The summed E-state index contributed by atoms with van der Waals surface area (Å²) in [6.07, 6.45) is 9.91. The van der Waals surface area contributed by atoms with E-state index in [0.29, 0.717) is 11.0 Å². The molecule has 0 N–H and O–H groups in total. The van der Waals surface area contributed by atoms with Crippen LogP contribution in [0.2, 0.25) is 0 Å². The highest BCUT2D eigenvalue weighted by Gasteiger charge is 2.36. The van der Waals surface area contributed by atoms with Crippen molar-refractivity contribution in [2.75, 3.05) is 0 Å². The molecule has 2 aliphatic rings. The number of fused-ring (bicyclic) bond motifs is 2. The average molecular weight is 309 g/mol. The first-order valence-electron chi connectivity index (χ1n) is 8.20. The third-order valence-corrected chi connectivity index (χ3v) is 6.75. The Morgan fingerprint density at radius 3 is 2.73 bits per heavy atom. The molecule has 0 saturated heterocycles. The summed E-state index contributed by atoms with van der Waals surface area (Å²) < 4.78 is 0.982. The molecule has 0 unspecified atom stereocenters. The minimum absolute atomic E-state index is 0.207. The number of rotatable bonds is 0. The van der Waals surface area contributed by atoms with Crippen LogP contribution in [0.4, 0.5) is 0 Å². The van der Waals surface area contributed by atoms with Crippen molar-refractivity contribution in [3.05, 3.63) is 44.4 Å². The van der Waals surface area contributed by atoms with Crippen molar-refractivity contribution < 1.29 is 0 Å². The highest BCUT2D eigenvalue weighted by Crippen LogP contribution is 2.47. The van der Waals surface area contributed by atoms with E-state index in [0.717, 1.165) is 28.5 Å². The normalized spacial score (nSPS) is 19.8. The van der Waals surface area contributed by atoms with Crippen molar-refractivity contribution in [1.29, 1.82) is 5.26 Å². The topological polar surface area (TPSA) is 40.9 Å². The molecule has 3 heteroatoms. The third kappa shape index (κ3) is 2.18. The Kier molecular flexibility index (Phi) is 3.31. The third-order valence-electron chi connectivity index (χ3n) is 5.55. The number of nitriles is 1. The maximum atomic E-state index is 12.8. The lowest BCUT2D eigenvalue weighted by molar-refractivity contribution is 0.164. The van der Waals surface area contributed by atoms with Crippen LogP contribution in [0.5, 0.6) is 0 Å². The van der Waals surface area contributed by atoms with Gasteiger partial charge in [-0.25, -0.2) is 0 Å². The van der Waals surface area contributed by atoms with E-state index < -0.39 is 0 Å². The van der Waals surface area contributed by atoms with E-state index in [1.165, 1.54) is 43.4 Å². The van der Waals surface area contributed by atoms with Crippen LogP contribution in [0.1, 0.15) is 54.5 Å². The van der Waals surface area contributed by atoms with Crippen molar-refractivity contribution in [3.8, 4) is 6.07 Å². The Morgan fingerprint density at radius 1 is 1.14 bits per heavy atom. The van der Waals surface area contributed by atoms with Crippen LogP contribution >= 0.6 is 11.3 Å². The Hall–Kier alpha value is -1.66. The molecular formula is C19H19NOS. The van der Waals surface area contributed by atoms with Gasteiger partial charge >= 0.3 is 0 Å². The average Bonchev–Trinajstić information content (AvgIpc) is 2.55. The fraction of sp³-hybridized carbons (Fsp3) is 0.474. The van der Waals surface area contributed by atoms with E-state index in [1.54, 1.807) is 17.4 Å². The molecule has 1 aromatic carbocycles. The second kappa shape index (κ2) is 5.21. The maximum absolute atomic E-state index is 12.8. The molecule has 0 atom stereocenters. The second-order valence-corrected chi connectivity index (χ2v) is 8.03. The molecule has 1 heterocycles. The number of nitrogens with zero attached hydrogens (tertiary/aromatic N) is 1. The molecule has 0 amide bonds. The van der Waals surface area contributed by atoms with Crippen molar-refractivity contribution in [2.24, 2.45) is 5.41 Å². The SMILES string of the molecule is N#Cc1ccc2c(=O)c3c(sc2c1)CC1(CCCCC1)CC3. The van der Waals surface area contributed by atoms with E-state index in [2.05, 4.69) is 6.07 Å². The molecule has 0 radical (unpaired) electrons. The summed E-state index contributed by atoms with van der Waals surface area (Å²) in [4.78, 5) is 14.1. The van der Waals surface area contributed by atoms with E-state index in [-0.39, 0.29) is 5.43 Å². The fourth-order valence-electron chi connectivity index (χ4n) is 4.29. The smallest absolute Gasteiger partial charge is 0.191 e. The Balaban J connectivity index is 1.84. The van der Waals surface area contributed by atoms with E-state index >= 15 is 0 Å². The Bertz CT molecular complexity index is 837. The molecule has 2 nitrogen and oxygen atoms in total. The predicted octanol–water partition coefficient (Wildman–Crippen LogP) is 4.57. The van der Waals surface area contributed by atoms with E-state index in [9.17, 15) is 4.79 Å². The maximum Gasteiger partial charge on any atom is 0.191 e. The molecule has 2 aromatic rings. The first-order chi connectivity index (χ1) is 10.7. The standard InChI is InChI=1S/C19H19NOS/c20-12-13-4-5-14-16(10-13)22-17-11-19(7-2-1-3-8-19)9-6-15(17)18(14)21/h4-5,10H,1-3,6-9,11H2. The highest BCUT2D eigenvalue weighted by molar-refractivity contribution is 7.18. The molecular weight excluding hydrogens is 290 g/mol. The first kappa shape index (κ1) is 14.0. The van der Waals surface area contributed by atoms with Crippen LogP contribution in [-0.4, -0.2) is 0 Å². The summed E-state index contributed by atoms with van der Waals surface area (Å²) in [6, 6.07) is 7.65. The Morgan fingerprint density at radius 2 is 1.95 bits per heavy atom. The monoisotopic (exact) mass is 309 g/mol. The summed E-state index contributed by atoms with van der Waals surface area (Å²) >= 11 is 1.75. The van der Waals surface area contributed by atoms with Gasteiger partial charge in [0.1, 0.15) is 0 Å². The van der Waals surface area contributed by atoms with Gasteiger partial charge in [0.05, 0.1) is 11.6 Å². The summed E-state index contributed by atoms with van der Waals surface area (Å²) in [5, 5.41) is 9.87. The zero-order valence-corrected chi connectivity index (χ0v) is 13.5. The summed E-state index contributed by atoms with van der Waals surface area (Å²) in [5.41, 5.74) is 2.36. The predicted molar refractivity (Wildman–Crippen MR) is 90.4 cm³/mol. The van der Waals surface area contributed by atoms with Gasteiger partial charge in [-0.05, 0) is 55.7 Å². The summed E-state index contributed by atoms with van der Waals surface area (Å²) in [6.45, 7) is 0. The van der Waals surface area contributed by atoms with Crippen LogP contribution in [-0.2, 0) is 12.8 Å². The second-order valence-electron chi connectivity index (χ2n) is 6.89. The first-order valence-corrected chi connectivity index (χ1v) is 9.01. The van der Waals surface area contributed by atoms with Crippen molar-refractivity contribution in [2.45, 2.75) is 51.4 Å². The van der Waals surface area contributed by atoms with Gasteiger partial charge in [-0.3, -0.25) is 4.79 Å². The molecule has 112 valence electrons. The molecule has 1 fully saturated rings. The van der Waals surface area contributed by atoms with Gasteiger partial charge in [-0.2, -0.15) is 5.26 Å². The zero-order valence-electron chi connectivity index (χ0n) is 12.7. The van der Waals surface area contributed by atoms with Gasteiger partial charge in [0, 0.05) is 20.5 Å². The summed E-state index contributed by atoms with van der Waals surface area (Å²) in [5.74, 6) is 0. The molecule has 1 spiro atoms. The van der Waals surface area contributed by atoms with Gasteiger partial charge in [0.25, 0.3) is 0 Å². The lowest BCUT2D eigenvalue weighted by Crippen LogP contribution is -2.33. The minimum atomic E-state index is 0.207. The lowest BCUT2D eigenvalue weighted by atomic mass is 9.65. The largest absolute Gasteiger partial charge is 0.289 e. The minimum Gasteiger partial charge on any atom is -0.289 e. The van der Waals surface area contributed by atoms with Crippen LogP contribution in [0, 0.1) is 16.7 Å². The van der Waals surface area contributed by atoms with Crippen molar-refractivity contribution in [3.63, 3.8) is 0 Å². The van der Waals surface area contributed by atoms with Gasteiger partial charge in [-0.1, -0.05) is 19.3 Å². The quantitative estimate of drug-likeness (QED) is 0.715. The molecule has 0 aliphatic heterocycles. The van der Waals surface area contributed by atoms with Crippen LogP contribution < -0.4 is 5.43 Å².